The zero-order valence-corrected chi connectivity index (χ0v) is 10.6. The SMILES string of the molecule is COc1cc(NCC(O)CCl)c(F)c(C(F)(F)F)c1. The Hall–Kier alpha value is -1.21. The summed E-state index contributed by atoms with van der Waals surface area (Å²) in [6, 6.07) is 1.64. The van der Waals surface area contributed by atoms with Gasteiger partial charge in [0.2, 0.25) is 0 Å². The number of aliphatic hydroxyl groups is 1. The van der Waals surface area contributed by atoms with Crippen molar-refractivity contribution in [1.82, 2.24) is 0 Å². The van der Waals surface area contributed by atoms with Gasteiger partial charge in [0.05, 0.1) is 30.3 Å². The van der Waals surface area contributed by atoms with E-state index in [2.05, 4.69) is 10.1 Å². The molecule has 0 heterocycles. The van der Waals surface area contributed by atoms with Gasteiger partial charge in [0.15, 0.2) is 5.82 Å². The fraction of sp³-hybridized carbons (Fsp3) is 0.455. The van der Waals surface area contributed by atoms with Gasteiger partial charge in [-0.2, -0.15) is 13.2 Å². The number of alkyl halides is 4. The highest BCUT2D eigenvalue weighted by Gasteiger charge is 2.36. The van der Waals surface area contributed by atoms with Gasteiger partial charge in [-0.1, -0.05) is 0 Å². The Morgan fingerprint density at radius 3 is 2.53 bits per heavy atom. The van der Waals surface area contributed by atoms with Crippen LogP contribution in [0.2, 0.25) is 0 Å². The lowest BCUT2D eigenvalue weighted by molar-refractivity contribution is -0.140. The van der Waals surface area contributed by atoms with Crippen LogP contribution in [0.1, 0.15) is 5.56 Å². The maximum Gasteiger partial charge on any atom is 0.419 e. The summed E-state index contributed by atoms with van der Waals surface area (Å²) in [5.74, 6) is -1.71. The van der Waals surface area contributed by atoms with Gasteiger partial charge in [0, 0.05) is 12.6 Å². The molecule has 0 aromatic heterocycles. The van der Waals surface area contributed by atoms with Gasteiger partial charge >= 0.3 is 6.18 Å². The Morgan fingerprint density at radius 2 is 2.05 bits per heavy atom. The number of anilines is 1. The summed E-state index contributed by atoms with van der Waals surface area (Å²) < 4.78 is 56.2. The average Bonchev–Trinajstić information content (AvgIpc) is 2.35. The molecule has 0 amide bonds. The molecule has 19 heavy (non-hydrogen) atoms. The Morgan fingerprint density at radius 1 is 1.42 bits per heavy atom. The zero-order chi connectivity index (χ0) is 14.6. The zero-order valence-electron chi connectivity index (χ0n) is 9.89. The first kappa shape index (κ1) is 15.8. The molecular formula is C11H12ClF4NO2. The van der Waals surface area contributed by atoms with Crippen molar-refractivity contribution in [3.05, 3.63) is 23.5 Å². The molecule has 1 aromatic rings. The molecule has 0 bridgehead atoms. The van der Waals surface area contributed by atoms with E-state index in [1.54, 1.807) is 0 Å². The lowest BCUT2D eigenvalue weighted by Gasteiger charge is -2.16. The number of halogens is 5. The van der Waals surface area contributed by atoms with Crippen LogP contribution in [0.3, 0.4) is 0 Å². The number of hydrogen-bond acceptors (Lipinski definition) is 3. The fourth-order valence-corrected chi connectivity index (χ4v) is 1.44. The van der Waals surface area contributed by atoms with E-state index >= 15 is 0 Å². The van der Waals surface area contributed by atoms with Crippen molar-refractivity contribution in [2.24, 2.45) is 0 Å². The molecule has 0 spiro atoms. The first-order valence-electron chi connectivity index (χ1n) is 5.22. The van der Waals surface area contributed by atoms with Crippen LogP contribution in [0, 0.1) is 5.82 Å². The minimum absolute atomic E-state index is 0.120. The summed E-state index contributed by atoms with van der Waals surface area (Å²) in [5.41, 5.74) is -1.84. The minimum Gasteiger partial charge on any atom is -0.497 e. The molecule has 3 nitrogen and oxygen atoms in total. The van der Waals surface area contributed by atoms with Crippen molar-refractivity contribution in [2.75, 3.05) is 24.9 Å². The standard InChI is InChI=1S/C11H12ClF4NO2/c1-19-7-2-8(11(14,15)16)10(13)9(3-7)17-5-6(18)4-12/h2-3,6,17-18H,4-5H2,1H3. The summed E-state index contributed by atoms with van der Waals surface area (Å²) in [4.78, 5) is 0. The number of nitrogens with one attached hydrogen (secondary N) is 1. The second-order valence-corrected chi connectivity index (χ2v) is 4.03. The monoisotopic (exact) mass is 301 g/mol. The third-order valence-corrected chi connectivity index (χ3v) is 2.65. The number of benzene rings is 1. The predicted octanol–water partition coefficient (Wildman–Crippen LogP) is 2.86. The fourth-order valence-electron chi connectivity index (χ4n) is 1.33. The van der Waals surface area contributed by atoms with Gasteiger partial charge < -0.3 is 15.2 Å². The van der Waals surface area contributed by atoms with Gasteiger partial charge in [0.1, 0.15) is 5.75 Å². The third kappa shape index (κ3) is 4.14. The van der Waals surface area contributed by atoms with Crippen molar-refractivity contribution in [3.8, 4) is 5.75 Å². The summed E-state index contributed by atoms with van der Waals surface area (Å²) in [5, 5.41) is 11.6. The molecule has 0 radical (unpaired) electrons. The lowest BCUT2D eigenvalue weighted by Crippen LogP contribution is -2.22. The van der Waals surface area contributed by atoms with Crippen LogP contribution in [-0.4, -0.2) is 30.7 Å². The predicted molar refractivity (Wildman–Crippen MR) is 63.2 cm³/mol. The van der Waals surface area contributed by atoms with Crippen molar-refractivity contribution in [3.63, 3.8) is 0 Å². The van der Waals surface area contributed by atoms with Gasteiger partial charge in [-0.15, -0.1) is 11.6 Å². The molecule has 1 unspecified atom stereocenters. The molecule has 1 aromatic carbocycles. The smallest absolute Gasteiger partial charge is 0.419 e. The van der Waals surface area contributed by atoms with E-state index in [9.17, 15) is 22.7 Å². The summed E-state index contributed by atoms with van der Waals surface area (Å²) in [6.45, 7) is -0.176. The first-order valence-corrected chi connectivity index (χ1v) is 5.75. The maximum atomic E-state index is 13.7. The van der Waals surface area contributed by atoms with Crippen LogP contribution in [0.25, 0.3) is 0 Å². The maximum absolute atomic E-state index is 13.7. The molecular weight excluding hydrogens is 290 g/mol. The average molecular weight is 302 g/mol. The molecule has 0 aliphatic carbocycles. The molecule has 0 aliphatic heterocycles. The highest BCUT2D eigenvalue weighted by molar-refractivity contribution is 6.18. The number of hydrogen-bond donors (Lipinski definition) is 2. The summed E-state index contributed by atoms with van der Waals surface area (Å²) in [7, 11) is 1.17. The Bertz CT molecular complexity index is 439. The van der Waals surface area contributed by atoms with E-state index in [1.807, 2.05) is 0 Å². The van der Waals surface area contributed by atoms with Gasteiger partial charge in [-0.05, 0) is 6.07 Å². The molecule has 8 heteroatoms. The molecule has 0 saturated carbocycles. The van der Waals surface area contributed by atoms with Crippen molar-refractivity contribution >= 4 is 17.3 Å². The van der Waals surface area contributed by atoms with E-state index in [0.717, 1.165) is 6.07 Å². The normalized spacial score (nSPS) is 13.2. The second kappa shape index (κ2) is 6.29. The molecule has 1 atom stereocenters. The number of methoxy groups -OCH3 is 1. The van der Waals surface area contributed by atoms with E-state index < -0.39 is 29.3 Å². The quantitative estimate of drug-likeness (QED) is 0.649. The van der Waals surface area contributed by atoms with Gasteiger partial charge in [-0.3, -0.25) is 0 Å². The van der Waals surface area contributed by atoms with E-state index in [4.69, 9.17) is 11.6 Å². The van der Waals surface area contributed by atoms with E-state index in [-0.39, 0.29) is 18.2 Å². The van der Waals surface area contributed by atoms with Crippen molar-refractivity contribution in [1.29, 1.82) is 0 Å². The lowest BCUT2D eigenvalue weighted by atomic mass is 10.1. The number of ether oxygens (including phenoxy) is 1. The topological polar surface area (TPSA) is 41.5 Å². The van der Waals surface area contributed by atoms with Crippen LogP contribution in [0.5, 0.6) is 5.75 Å². The molecule has 1 rings (SSSR count). The van der Waals surface area contributed by atoms with Crippen molar-refractivity contribution < 1.29 is 27.4 Å². The highest BCUT2D eigenvalue weighted by atomic mass is 35.5. The van der Waals surface area contributed by atoms with Crippen LogP contribution in [-0.2, 0) is 6.18 Å². The number of aliphatic hydroxyl groups excluding tert-OH is 1. The van der Waals surface area contributed by atoms with E-state index in [0.29, 0.717) is 6.07 Å². The Labute approximate surface area is 112 Å². The molecule has 0 fully saturated rings. The van der Waals surface area contributed by atoms with Crippen LogP contribution in [0.4, 0.5) is 23.2 Å². The van der Waals surface area contributed by atoms with Crippen LogP contribution >= 0.6 is 11.6 Å². The molecule has 108 valence electrons. The summed E-state index contributed by atoms with van der Waals surface area (Å²) in [6.07, 6.45) is -5.83. The van der Waals surface area contributed by atoms with Crippen molar-refractivity contribution in [2.45, 2.75) is 12.3 Å². The second-order valence-electron chi connectivity index (χ2n) is 3.72. The first-order chi connectivity index (χ1) is 8.79. The highest BCUT2D eigenvalue weighted by Crippen LogP contribution is 2.37. The van der Waals surface area contributed by atoms with Gasteiger partial charge in [-0.25, -0.2) is 4.39 Å². The van der Waals surface area contributed by atoms with Crippen LogP contribution < -0.4 is 10.1 Å². The summed E-state index contributed by atoms with van der Waals surface area (Å²) >= 11 is 5.33. The minimum atomic E-state index is -4.83. The Balaban J connectivity index is 3.09. The molecule has 0 saturated heterocycles. The molecule has 2 N–H and O–H groups in total. The molecule has 0 aliphatic rings. The number of rotatable bonds is 5. The van der Waals surface area contributed by atoms with E-state index in [1.165, 1.54) is 7.11 Å². The Kier molecular flexibility index (Phi) is 5.25. The van der Waals surface area contributed by atoms with Gasteiger partial charge in [0.25, 0.3) is 0 Å². The largest absolute Gasteiger partial charge is 0.497 e. The third-order valence-electron chi connectivity index (χ3n) is 2.29. The van der Waals surface area contributed by atoms with Crippen LogP contribution in [0.15, 0.2) is 12.1 Å².